The molecule has 3 rings (SSSR count). The lowest BCUT2D eigenvalue weighted by Gasteiger charge is -2.36. The maximum Gasteiger partial charge on any atom is 0.260 e. The van der Waals surface area contributed by atoms with Gasteiger partial charge in [-0.05, 0) is 58.7 Å². The Labute approximate surface area is 166 Å². The van der Waals surface area contributed by atoms with Gasteiger partial charge in [0.15, 0.2) is 0 Å². The number of amides is 1. The fourth-order valence-corrected chi connectivity index (χ4v) is 4.59. The van der Waals surface area contributed by atoms with E-state index in [0.29, 0.717) is 17.7 Å². The largest absolute Gasteiger partial charge is 0.506 e. The van der Waals surface area contributed by atoms with E-state index >= 15 is 0 Å². The molecular weight excluding hydrogens is 406 g/mol. The summed E-state index contributed by atoms with van der Waals surface area (Å²) in [5.41, 5.74) is 3.16. The number of benzene rings is 2. The van der Waals surface area contributed by atoms with Crippen molar-refractivity contribution in [3.63, 3.8) is 0 Å². The smallest absolute Gasteiger partial charge is 0.260 e. The van der Waals surface area contributed by atoms with Crippen LogP contribution in [0.2, 0.25) is 0 Å². The van der Waals surface area contributed by atoms with E-state index in [9.17, 15) is 23.2 Å². The molecule has 9 nitrogen and oxygen atoms in total. The van der Waals surface area contributed by atoms with E-state index in [0.717, 1.165) is 21.9 Å². The van der Waals surface area contributed by atoms with Gasteiger partial charge in [-0.1, -0.05) is 25.1 Å². The predicted octanol–water partition coefficient (Wildman–Crippen LogP) is 2.61. The van der Waals surface area contributed by atoms with Crippen molar-refractivity contribution in [2.45, 2.75) is 19.8 Å². The highest BCUT2D eigenvalue weighted by Gasteiger charge is 2.36. The zero-order valence-electron chi connectivity index (χ0n) is 15.0. The molecule has 1 aliphatic heterocycles. The molecule has 6 N–H and O–H groups in total. The Morgan fingerprint density at radius 2 is 1.93 bits per heavy atom. The van der Waals surface area contributed by atoms with E-state index in [-0.39, 0.29) is 18.0 Å². The van der Waals surface area contributed by atoms with Crippen molar-refractivity contribution in [2.75, 3.05) is 15.6 Å². The lowest BCUT2D eigenvalue weighted by molar-refractivity contribution is -0.117. The molecule has 1 fully saturated rings. The average molecular weight is 428 g/mol. The molecule has 0 saturated carbocycles. The molecule has 1 saturated heterocycles. The van der Waals surface area contributed by atoms with Crippen molar-refractivity contribution in [1.82, 2.24) is 4.72 Å². The fourth-order valence-electron chi connectivity index (χ4n) is 3.00. The van der Waals surface area contributed by atoms with Gasteiger partial charge in [0, 0.05) is 0 Å². The normalized spacial score (nSPS) is 17.9. The predicted molar refractivity (Wildman–Crippen MR) is 109 cm³/mol. The monoisotopic (exact) mass is 427 g/mol. The molecule has 1 heterocycles. The highest BCUT2D eigenvalue weighted by Crippen LogP contribution is 2.48. The van der Waals surface area contributed by atoms with E-state index in [1.165, 1.54) is 12.1 Å². The van der Waals surface area contributed by atoms with Crippen LogP contribution in [0.15, 0.2) is 36.4 Å². The summed E-state index contributed by atoms with van der Waals surface area (Å²) in [7, 11) is -3.51. The van der Waals surface area contributed by atoms with Crippen LogP contribution in [0.4, 0.5) is 11.4 Å². The molecule has 2 aromatic carbocycles. The van der Waals surface area contributed by atoms with E-state index in [4.69, 9.17) is 4.55 Å². The van der Waals surface area contributed by atoms with Crippen molar-refractivity contribution >= 4 is 39.5 Å². The minimum Gasteiger partial charge on any atom is -0.506 e. The molecule has 1 unspecified atom stereocenters. The van der Waals surface area contributed by atoms with Gasteiger partial charge in [-0.25, -0.2) is 13.2 Å². The van der Waals surface area contributed by atoms with Crippen LogP contribution in [0.1, 0.15) is 23.6 Å². The van der Waals surface area contributed by atoms with Crippen LogP contribution in [-0.2, 0) is 28.9 Å². The maximum atomic E-state index is 11.5. The summed E-state index contributed by atoms with van der Waals surface area (Å²) in [5.74, 6) is -0.756. The Kier molecular flexibility index (Phi) is 5.82. The van der Waals surface area contributed by atoms with Gasteiger partial charge >= 0.3 is 0 Å². The second kappa shape index (κ2) is 7.97. The Bertz CT molecular complexity index is 937. The molecule has 0 radical (unpaired) electrons. The number of hydrogen-bond donors (Lipinski definition) is 6. The molecule has 152 valence electrons. The number of nitrogens with one attached hydrogen (secondary N) is 2. The topological polar surface area (TPSA) is 142 Å². The number of aryl methyl sites for hydroxylation is 1. The highest BCUT2D eigenvalue weighted by molar-refractivity contribution is 8.24. The van der Waals surface area contributed by atoms with Gasteiger partial charge < -0.3 is 5.11 Å². The Hall–Kier alpha value is -2.31. The number of aromatic hydroxyl groups is 1. The standard InChI is InChI=1S/C17H21N3O6S2/c1-2-11-3-5-14(18-27(23)24)13(7-11)8-12-4-6-15(16(21)9-12)20-10-17(22)19-28(20,25)26/h3-7,9,18,21,25-26H,2,8,10H2,1H3,(H,19,22)(H,23,24). The van der Waals surface area contributed by atoms with Crippen LogP contribution in [0, 0.1) is 0 Å². The second-order valence-electron chi connectivity index (χ2n) is 6.28. The van der Waals surface area contributed by atoms with Crippen LogP contribution in [0.5, 0.6) is 5.75 Å². The van der Waals surface area contributed by atoms with Crippen LogP contribution in [0.25, 0.3) is 0 Å². The lowest BCUT2D eigenvalue weighted by atomic mass is 9.99. The van der Waals surface area contributed by atoms with Crippen molar-refractivity contribution in [1.29, 1.82) is 0 Å². The SMILES string of the molecule is CCc1ccc(NS(=O)O)c(Cc2ccc(N3CC(=O)NS3(O)O)c(O)c2)c1. The number of anilines is 2. The summed E-state index contributed by atoms with van der Waals surface area (Å²) in [5, 5.41) is 10.4. The zero-order chi connectivity index (χ0) is 20.5. The molecule has 0 aromatic heterocycles. The molecule has 0 spiro atoms. The molecule has 2 aromatic rings. The Morgan fingerprint density at radius 1 is 1.21 bits per heavy atom. The maximum absolute atomic E-state index is 11.5. The highest BCUT2D eigenvalue weighted by atomic mass is 32.3. The number of nitrogens with zero attached hydrogens (tertiary/aromatic N) is 1. The van der Waals surface area contributed by atoms with Gasteiger partial charge in [0.25, 0.3) is 17.2 Å². The molecule has 28 heavy (non-hydrogen) atoms. The average Bonchev–Trinajstić information content (AvgIpc) is 2.88. The zero-order valence-corrected chi connectivity index (χ0v) is 16.6. The summed E-state index contributed by atoms with van der Waals surface area (Å²) >= 11 is -2.21. The molecular formula is C17H21N3O6S2. The number of phenolic OH excluding ortho intramolecular Hbond substituents is 1. The van der Waals surface area contributed by atoms with E-state index in [1.807, 2.05) is 19.1 Å². The first-order valence-electron chi connectivity index (χ1n) is 8.37. The quantitative estimate of drug-likeness (QED) is 0.389. The van der Waals surface area contributed by atoms with E-state index in [2.05, 4.69) is 9.44 Å². The van der Waals surface area contributed by atoms with Gasteiger partial charge in [-0.2, -0.15) is 0 Å². The summed E-state index contributed by atoms with van der Waals surface area (Å²) in [6.07, 6.45) is 1.17. The summed E-state index contributed by atoms with van der Waals surface area (Å²) in [4.78, 5) is 11.5. The van der Waals surface area contributed by atoms with Crippen LogP contribution in [0.3, 0.4) is 0 Å². The number of hydrogen-bond acceptors (Lipinski definition) is 6. The van der Waals surface area contributed by atoms with Crippen molar-refractivity contribution in [3.05, 3.63) is 53.1 Å². The van der Waals surface area contributed by atoms with Gasteiger partial charge in [0.1, 0.15) is 18.0 Å². The Morgan fingerprint density at radius 3 is 2.50 bits per heavy atom. The number of carbonyl (C=O) groups excluding carboxylic acids is 1. The minimum absolute atomic E-state index is 0.124. The first-order chi connectivity index (χ1) is 13.2. The molecule has 1 atom stereocenters. The van der Waals surface area contributed by atoms with Crippen molar-refractivity contribution < 1.29 is 27.8 Å². The number of carbonyl (C=O) groups is 1. The molecule has 1 amide bonds. The third kappa shape index (κ3) is 4.39. The van der Waals surface area contributed by atoms with E-state index in [1.54, 1.807) is 12.1 Å². The van der Waals surface area contributed by atoms with Gasteiger partial charge in [0.05, 0.1) is 5.69 Å². The molecule has 0 bridgehead atoms. The molecule has 11 heteroatoms. The summed E-state index contributed by atoms with van der Waals surface area (Å²) in [6.45, 7) is 1.73. The van der Waals surface area contributed by atoms with Gasteiger partial charge in [-0.3, -0.25) is 23.2 Å². The Balaban J connectivity index is 1.89. The molecule has 0 aliphatic carbocycles. The fraction of sp³-hybridized carbons (Fsp3) is 0.235. The minimum atomic E-state index is -3.51. The number of rotatable bonds is 6. The first-order valence-corrected chi connectivity index (χ1v) is 11.0. The molecule has 1 aliphatic rings. The summed E-state index contributed by atoms with van der Waals surface area (Å²) in [6, 6.07) is 10.2. The second-order valence-corrected chi connectivity index (χ2v) is 8.66. The third-order valence-corrected chi connectivity index (χ3v) is 6.16. The third-order valence-electron chi connectivity index (χ3n) is 4.32. The number of phenols is 1. The summed E-state index contributed by atoms with van der Waals surface area (Å²) < 4.78 is 45.7. The van der Waals surface area contributed by atoms with Gasteiger partial charge in [0.2, 0.25) is 0 Å². The van der Waals surface area contributed by atoms with Crippen molar-refractivity contribution in [3.8, 4) is 5.75 Å². The van der Waals surface area contributed by atoms with Crippen LogP contribution >= 0.6 is 11.0 Å². The lowest BCUT2D eigenvalue weighted by Crippen LogP contribution is -2.25. The van der Waals surface area contributed by atoms with Crippen LogP contribution in [-0.4, -0.2) is 35.4 Å². The van der Waals surface area contributed by atoms with Crippen molar-refractivity contribution in [2.24, 2.45) is 0 Å². The van der Waals surface area contributed by atoms with Gasteiger partial charge in [-0.15, -0.1) is 0 Å². The first kappa shape index (κ1) is 20.4. The van der Waals surface area contributed by atoms with Crippen LogP contribution < -0.4 is 13.7 Å². The van der Waals surface area contributed by atoms with E-state index < -0.39 is 28.1 Å².